The Morgan fingerprint density at radius 1 is 0.963 bits per heavy atom. The number of piperazine rings is 1. The maximum Gasteiger partial charge on any atom is 0.227 e. The molecule has 3 aromatic rings. The Morgan fingerprint density at radius 3 is 2.44 bits per heavy atom. The molecule has 0 unspecified atom stereocenters. The van der Waals surface area contributed by atoms with Crippen molar-refractivity contribution in [1.29, 1.82) is 0 Å². The Bertz CT molecular complexity index is 911. The average molecular weight is 360 g/mol. The van der Waals surface area contributed by atoms with E-state index in [0.717, 1.165) is 37.4 Å². The molecule has 0 bridgehead atoms. The quantitative estimate of drug-likeness (QED) is 0.718. The van der Waals surface area contributed by atoms with Crippen LogP contribution in [0.1, 0.15) is 11.1 Å². The van der Waals surface area contributed by atoms with Crippen molar-refractivity contribution in [3.8, 4) is 5.69 Å². The highest BCUT2D eigenvalue weighted by Gasteiger charge is 2.21. The zero-order valence-electron chi connectivity index (χ0n) is 15.6. The van der Waals surface area contributed by atoms with Crippen molar-refractivity contribution in [2.45, 2.75) is 13.3 Å². The molecule has 5 heteroatoms. The molecule has 0 aliphatic carbocycles. The van der Waals surface area contributed by atoms with Crippen LogP contribution in [0.4, 0.5) is 5.69 Å². The topological polar surface area (TPSA) is 41.4 Å². The molecule has 0 saturated carbocycles. The van der Waals surface area contributed by atoms with Crippen LogP contribution in [0.3, 0.4) is 0 Å². The van der Waals surface area contributed by atoms with E-state index in [9.17, 15) is 4.79 Å². The lowest BCUT2D eigenvalue weighted by molar-refractivity contribution is -0.130. The summed E-state index contributed by atoms with van der Waals surface area (Å²) in [6, 6.07) is 18.5. The summed E-state index contributed by atoms with van der Waals surface area (Å²) in [5, 5.41) is 4.38. The maximum absolute atomic E-state index is 12.7. The number of aromatic nitrogens is 2. The number of nitrogens with zero attached hydrogens (tertiary/aromatic N) is 4. The van der Waals surface area contributed by atoms with Crippen LogP contribution < -0.4 is 4.90 Å². The smallest absolute Gasteiger partial charge is 0.227 e. The molecule has 0 atom stereocenters. The molecule has 1 fully saturated rings. The highest BCUT2D eigenvalue weighted by Crippen LogP contribution is 2.18. The molecule has 2 heterocycles. The van der Waals surface area contributed by atoms with E-state index in [1.54, 1.807) is 6.20 Å². The summed E-state index contributed by atoms with van der Waals surface area (Å²) in [6.07, 6.45) is 4.13. The molecule has 1 aromatic heterocycles. The fourth-order valence-corrected chi connectivity index (χ4v) is 3.50. The van der Waals surface area contributed by atoms with Gasteiger partial charge in [0.05, 0.1) is 18.3 Å². The predicted octanol–water partition coefficient (Wildman–Crippen LogP) is 3.07. The number of aryl methyl sites for hydroxylation is 1. The predicted molar refractivity (Wildman–Crippen MR) is 107 cm³/mol. The number of para-hydroxylation sites is 1. The van der Waals surface area contributed by atoms with E-state index in [1.165, 1.54) is 11.3 Å². The first-order valence-electron chi connectivity index (χ1n) is 9.37. The van der Waals surface area contributed by atoms with Gasteiger partial charge >= 0.3 is 0 Å². The third-order valence-electron chi connectivity index (χ3n) is 5.01. The highest BCUT2D eigenvalue weighted by molar-refractivity contribution is 5.79. The number of carbonyl (C=O) groups is 1. The van der Waals surface area contributed by atoms with Crippen LogP contribution in [0.5, 0.6) is 0 Å². The van der Waals surface area contributed by atoms with E-state index in [1.807, 2.05) is 46.1 Å². The molecule has 138 valence electrons. The Morgan fingerprint density at radius 2 is 1.70 bits per heavy atom. The first kappa shape index (κ1) is 17.3. The highest BCUT2D eigenvalue weighted by atomic mass is 16.2. The van der Waals surface area contributed by atoms with Crippen molar-refractivity contribution in [3.05, 3.63) is 78.1 Å². The van der Waals surface area contributed by atoms with Gasteiger partial charge in [0.2, 0.25) is 5.91 Å². The van der Waals surface area contributed by atoms with Crippen molar-refractivity contribution < 1.29 is 4.79 Å². The number of carbonyl (C=O) groups excluding carboxylic acids is 1. The summed E-state index contributed by atoms with van der Waals surface area (Å²) in [5.41, 5.74) is 4.46. The van der Waals surface area contributed by atoms with Crippen LogP contribution in [-0.2, 0) is 11.2 Å². The average Bonchev–Trinajstić information content (AvgIpc) is 3.17. The number of benzene rings is 2. The minimum Gasteiger partial charge on any atom is -0.368 e. The van der Waals surface area contributed by atoms with Crippen LogP contribution in [0.25, 0.3) is 5.69 Å². The molecular formula is C22H24N4O. The largest absolute Gasteiger partial charge is 0.368 e. The van der Waals surface area contributed by atoms with Gasteiger partial charge in [-0.05, 0) is 42.3 Å². The number of rotatable bonds is 4. The van der Waals surface area contributed by atoms with Gasteiger partial charge in [0.25, 0.3) is 0 Å². The lowest BCUT2D eigenvalue weighted by Gasteiger charge is -2.36. The van der Waals surface area contributed by atoms with Gasteiger partial charge < -0.3 is 9.80 Å². The zero-order valence-corrected chi connectivity index (χ0v) is 15.6. The van der Waals surface area contributed by atoms with E-state index < -0.39 is 0 Å². The van der Waals surface area contributed by atoms with E-state index >= 15 is 0 Å². The second-order valence-electron chi connectivity index (χ2n) is 7.01. The molecule has 5 nitrogen and oxygen atoms in total. The molecule has 1 aliphatic rings. The molecule has 1 saturated heterocycles. The van der Waals surface area contributed by atoms with Crippen molar-refractivity contribution in [2.75, 3.05) is 31.1 Å². The number of anilines is 1. The lowest BCUT2D eigenvalue weighted by atomic mass is 10.1. The van der Waals surface area contributed by atoms with Crippen molar-refractivity contribution in [2.24, 2.45) is 0 Å². The fraction of sp³-hybridized carbons (Fsp3) is 0.273. The molecule has 0 N–H and O–H groups in total. The zero-order chi connectivity index (χ0) is 18.6. The third kappa shape index (κ3) is 4.03. The molecule has 4 rings (SSSR count). The number of hydrogen-bond donors (Lipinski definition) is 0. The van der Waals surface area contributed by atoms with Crippen LogP contribution in [0.15, 0.2) is 67.0 Å². The van der Waals surface area contributed by atoms with Gasteiger partial charge in [0.15, 0.2) is 0 Å². The second-order valence-corrected chi connectivity index (χ2v) is 7.01. The Labute approximate surface area is 159 Å². The van der Waals surface area contributed by atoms with Crippen LogP contribution in [-0.4, -0.2) is 46.8 Å². The maximum atomic E-state index is 12.7. The van der Waals surface area contributed by atoms with Crippen molar-refractivity contribution in [3.63, 3.8) is 0 Å². The molecule has 2 aromatic carbocycles. The lowest BCUT2D eigenvalue weighted by Crippen LogP contribution is -2.49. The number of amides is 1. The van der Waals surface area contributed by atoms with Gasteiger partial charge in [-0.1, -0.05) is 30.3 Å². The van der Waals surface area contributed by atoms with Crippen LogP contribution >= 0.6 is 0 Å². The van der Waals surface area contributed by atoms with Crippen molar-refractivity contribution in [1.82, 2.24) is 14.7 Å². The number of hydrogen-bond acceptors (Lipinski definition) is 3. The monoisotopic (exact) mass is 360 g/mol. The van der Waals surface area contributed by atoms with Crippen molar-refractivity contribution >= 4 is 11.6 Å². The fourth-order valence-electron chi connectivity index (χ4n) is 3.50. The first-order chi connectivity index (χ1) is 13.2. The molecule has 1 aliphatic heterocycles. The van der Waals surface area contributed by atoms with Gasteiger partial charge in [0, 0.05) is 38.1 Å². The van der Waals surface area contributed by atoms with Crippen LogP contribution in [0.2, 0.25) is 0 Å². The van der Waals surface area contributed by atoms with Crippen LogP contribution in [0, 0.1) is 6.92 Å². The third-order valence-corrected chi connectivity index (χ3v) is 5.01. The molecule has 27 heavy (non-hydrogen) atoms. The summed E-state index contributed by atoms with van der Waals surface area (Å²) in [7, 11) is 0. The normalized spacial score (nSPS) is 14.4. The standard InChI is InChI=1S/C22H24N4O/c1-18-6-5-9-21(14-18)24-10-12-25(13-11-24)22(27)15-19-16-23-26(17-19)20-7-3-2-4-8-20/h2-9,14,16-17H,10-13,15H2,1H3. The summed E-state index contributed by atoms with van der Waals surface area (Å²) < 4.78 is 1.82. The molecule has 0 radical (unpaired) electrons. The SMILES string of the molecule is Cc1cccc(N2CCN(C(=O)Cc3cnn(-c4ccccc4)c3)CC2)c1. The van der Waals surface area contributed by atoms with E-state index in [0.29, 0.717) is 6.42 Å². The Balaban J connectivity index is 1.34. The van der Waals surface area contributed by atoms with Gasteiger partial charge in [0.1, 0.15) is 0 Å². The van der Waals surface area contributed by atoms with Gasteiger partial charge in [-0.2, -0.15) is 5.10 Å². The van der Waals surface area contributed by atoms with Gasteiger partial charge in [-0.15, -0.1) is 0 Å². The summed E-state index contributed by atoms with van der Waals surface area (Å²) in [6.45, 7) is 5.38. The van der Waals surface area contributed by atoms with E-state index in [4.69, 9.17) is 0 Å². The second kappa shape index (κ2) is 7.66. The summed E-state index contributed by atoms with van der Waals surface area (Å²) >= 11 is 0. The Hall–Kier alpha value is -3.08. The summed E-state index contributed by atoms with van der Waals surface area (Å²) in [5.74, 6) is 0.173. The molecular weight excluding hydrogens is 336 g/mol. The van der Waals surface area contributed by atoms with Gasteiger partial charge in [-0.3, -0.25) is 4.79 Å². The first-order valence-corrected chi connectivity index (χ1v) is 9.37. The minimum atomic E-state index is 0.173. The minimum absolute atomic E-state index is 0.173. The Kier molecular flexibility index (Phi) is 4.92. The van der Waals surface area contributed by atoms with Gasteiger partial charge in [-0.25, -0.2) is 4.68 Å². The molecule has 0 spiro atoms. The molecule has 1 amide bonds. The van der Waals surface area contributed by atoms with E-state index in [2.05, 4.69) is 41.2 Å². The summed E-state index contributed by atoms with van der Waals surface area (Å²) in [4.78, 5) is 17.0. The van der Waals surface area contributed by atoms with E-state index in [-0.39, 0.29) is 5.91 Å².